The van der Waals surface area contributed by atoms with Crippen LogP contribution in [-0.2, 0) is 9.59 Å². The lowest BCUT2D eigenvalue weighted by Crippen LogP contribution is -2.57. The molecule has 2 atom stereocenters. The van der Waals surface area contributed by atoms with Gasteiger partial charge in [-0.3, -0.25) is 9.59 Å². The summed E-state index contributed by atoms with van der Waals surface area (Å²) in [5, 5.41) is 2.98. The van der Waals surface area contributed by atoms with Crippen molar-refractivity contribution in [1.29, 1.82) is 0 Å². The maximum absolute atomic E-state index is 12.0. The van der Waals surface area contributed by atoms with E-state index in [0.29, 0.717) is 18.8 Å². The summed E-state index contributed by atoms with van der Waals surface area (Å²) in [4.78, 5) is 23.5. The Labute approximate surface area is 90.6 Å². The van der Waals surface area contributed by atoms with Gasteiger partial charge in [0.15, 0.2) is 5.78 Å². The third-order valence-corrected chi connectivity index (χ3v) is 4.57. The molecule has 3 nitrogen and oxygen atoms in total. The number of carbonyl (C=O) groups is 2. The fraction of sp³-hybridized carbons (Fsp3) is 0.833. The molecule has 2 aliphatic rings. The zero-order valence-corrected chi connectivity index (χ0v) is 9.72. The smallest absolute Gasteiger partial charge is 0.220 e. The van der Waals surface area contributed by atoms with Crippen LogP contribution in [0.15, 0.2) is 0 Å². The molecule has 1 amide bonds. The molecule has 2 aliphatic carbocycles. The van der Waals surface area contributed by atoms with Crippen molar-refractivity contribution in [2.75, 3.05) is 0 Å². The zero-order chi connectivity index (χ0) is 11.3. The van der Waals surface area contributed by atoms with E-state index in [4.69, 9.17) is 0 Å². The molecule has 2 saturated carbocycles. The molecule has 0 radical (unpaired) electrons. The van der Waals surface area contributed by atoms with Gasteiger partial charge < -0.3 is 5.32 Å². The summed E-state index contributed by atoms with van der Waals surface area (Å²) in [6.07, 6.45) is 3.00. The largest absolute Gasteiger partial charge is 0.343 e. The highest BCUT2D eigenvalue weighted by atomic mass is 16.2. The zero-order valence-electron chi connectivity index (χ0n) is 9.72. The third-order valence-electron chi connectivity index (χ3n) is 4.57. The molecule has 1 N–H and O–H groups in total. The molecule has 2 rings (SSSR count). The topological polar surface area (TPSA) is 46.2 Å². The summed E-state index contributed by atoms with van der Waals surface area (Å²) in [5.74, 6) is 0.701. The van der Waals surface area contributed by atoms with Crippen molar-refractivity contribution < 1.29 is 9.59 Å². The third kappa shape index (κ3) is 1.18. The highest BCUT2D eigenvalue weighted by Crippen LogP contribution is 2.58. The fourth-order valence-corrected chi connectivity index (χ4v) is 3.30. The molecule has 84 valence electrons. The van der Waals surface area contributed by atoms with E-state index in [9.17, 15) is 9.59 Å². The second-order valence-corrected chi connectivity index (χ2v) is 5.39. The maximum Gasteiger partial charge on any atom is 0.220 e. The van der Waals surface area contributed by atoms with Gasteiger partial charge in [0, 0.05) is 12.8 Å². The number of hydrogen-bond donors (Lipinski definition) is 1. The van der Waals surface area contributed by atoms with E-state index in [2.05, 4.69) is 19.2 Å². The lowest BCUT2D eigenvalue weighted by atomic mass is 9.76. The minimum atomic E-state index is -0.551. The van der Waals surface area contributed by atoms with Crippen LogP contribution in [0.2, 0.25) is 0 Å². The first-order valence-electron chi connectivity index (χ1n) is 5.78. The summed E-state index contributed by atoms with van der Waals surface area (Å²) >= 11 is 0. The molecule has 0 saturated heterocycles. The Hall–Kier alpha value is -0.860. The van der Waals surface area contributed by atoms with Crippen LogP contribution in [-0.4, -0.2) is 17.2 Å². The summed E-state index contributed by atoms with van der Waals surface area (Å²) in [7, 11) is 0. The SMILES string of the molecule is CCC(=O)N[C@@]12CC[C@@H](CC1=O)C2(C)C. The van der Waals surface area contributed by atoms with Gasteiger partial charge in [-0.15, -0.1) is 0 Å². The predicted molar refractivity (Wildman–Crippen MR) is 57.3 cm³/mol. The Bertz CT molecular complexity index is 322. The van der Waals surface area contributed by atoms with Crippen LogP contribution in [0.3, 0.4) is 0 Å². The Morgan fingerprint density at radius 2 is 2.20 bits per heavy atom. The van der Waals surface area contributed by atoms with Crippen LogP contribution in [0.4, 0.5) is 0 Å². The van der Waals surface area contributed by atoms with Crippen LogP contribution in [0, 0.1) is 11.3 Å². The Kier molecular flexibility index (Phi) is 2.18. The summed E-state index contributed by atoms with van der Waals surface area (Å²) in [5.41, 5.74) is -0.611. The van der Waals surface area contributed by atoms with E-state index < -0.39 is 5.54 Å². The van der Waals surface area contributed by atoms with Gasteiger partial charge in [0.05, 0.1) is 0 Å². The predicted octanol–water partition coefficient (Wildman–Crippen LogP) is 1.66. The molecule has 0 aromatic carbocycles. The normalized spacial score (nSPS) is 37.0. The van der Waals surface area contributed by atoms with Gasteiger partial charge in [0.1, 0.15) is 5.54 Å². The Morgan fingerprint density at radius 3 is 2.60 bits per heavy atom. The molecule has 3 heteroatoms. The second-order valence-electron chi connectivity index (χ2n) is 5.39. The van der Waals surface area contributed by atoms with E-state index in [1.807, 2.05) is 6.92 Å². The molecule has 15 heavy (non-hydrogen) atoms. The van der Waals surface area contributed by atoms with Gasteiger partial charge in [-0.05, 0) is 24.2 Å². The molecule has 0 aromatic heterocycles. The van der Waals surface area contributed by atoms with Gasteiger partial charge in [-0.2, -0.15) is 0 Å². The lowest BCUT2D eigenvalue weighted by Gasteiger charge is -2.37. The monoisotopic (exact) mass is 209 g/mol. The van der Waals surface area contributed by atoms with E-state index in [1.165, 1.54) is 0 Å². The molecular weight excluding hydrogens is 190 g/mol. The van der Waals surface area contributed by atoms with Gasteiger partial charge >= 0.3 is 0 Å². The minimum Gasteiger partial charge on any atom is -0.343 e. The Morgan fingerprint density at radius 1 is 1.53 bits per heavy atom. The highest BCUT2D eigenvalue weighted by molar-refractivity contribution is 5.97. The number of ketones is 1. The number of fused-ring (bicyclic) bond motifs is 2. The van der Waals surface area contributed by atoms with Gasteiger partial charge in [0.2, 0.25) is 5.91 Å². The Balaban J connectivity index is 2.31. The van der Waals surface area contributed by atoms with Gasteiger partial charge in [-0.25, -0.2) is 0 Å². The second kappa shape index (κ2) is 3.06. The molecule has 2 fully saturated rings. The average Bonchev–Trinajstić information content (AvgIpc) is 2.51. The van der Waals surface area contributed by atoms with Gasteiger partial charge in [0.25, 0.3) is 0 Å². The van der Waals surface area contributed by atoms with Gasteiger partial charge in [-0.1, -0.05) is 20.8 Å². The van der Waals surface area contributed by atoms with Crippen molar-refractivity contribution in [2.24, 2.45) is 11.3 Å². The van der Waals surface area contributed by atoms with Crippen molar-refractivity contribution in [3.63, 3.8) is 0 Å². The lowest BCUT2D eigenvalue weighted by molar-refractivity contribution is -0.132. The summed E-state index contributed by atoms with van der Waals surface area (Å²) in [6.45, 7) is 6.06. The van der Waals surface area contributed by atoms with Crippen molar-refractivity contribution in [3.05, 3.63) is 0 Å². The van der Waals surface area contributed by atoms with Crippen molar-refractivity contribution in [1.82, 2.24) is 5.32 Å². The van der Waals surface area contributed by atoms with Crippen molar-refractivity contribution in [2.45, 2.75) is 52.0 Å². The van der Waals surface area contributed by atoms with Crippen LogP contribution in [0.25, 0.3) is 0 Å². The molecular formula is C12H19NO2. The first-order chi connectivity index (χ1) is 6.94. The van der Waals surface area contributed by atoms with E-state index in [1.54, 1.807) is 0 Å². The number of rotatable bonds is 2. The van der Waals surface area contributed by atoms with Crippen LogP contribution in [0.5, 0.6) is 0 Å². The summed E-state index contributed by atoms with van der Waals surface area (Å²) < 4.78 is 0. The molecule has 0 aliphatic heterocycles. The molecule has 0 heterocycles. The minimum absolute atomic E-state index is 0.000949. The molecule has 0 spiro atoms. The first-order valence-corrected chi connectivity index (χ1v) is 5.78. The molecule has 0 aromatic rings. The number of carbonyl (C=O) groups excluding carboxylic acids is 2. The highest BCUT2D eigenvalue weighted by Gasteiger charge is 2.64. The van der Waals surface area contributed by atoms with E-state index in [-0.39, 0.29) is 17.1 Å². The maximum atomic E-state index is 12.0. The quantitative estimate of drug-likeness (QED) is 0.751. The van der Waals surface area contributed by atoms with E-state index >= 15 is 0 Å². The van der Waals surface area contributed by atoms with Crippen LogP contribution < -0.4 is 5.32 Å². The van der Waals surface area contributed by atoms with Crippen LogP contribution in [0.1, 0.15) is 46.5 Å². The number of hydrogen-bond acceptors (Lipinski definition) is 2. The first kappa shape index (κ1) is 10.7. The van der Waals surface area contributed by atoms with Crippen molar-refractivity contribution in [3.8, 4) is 0 Å². The number of Topliss-reactive ketones (excluding diaryl/α,β-unsaturated/α-hetero) is 1. The van der Waals surface area contributed by atoms with Crippen molar-refractivity contribution >= 4 is 11.7 Å². The fourth-order valence-electron chi connectivity index (χ4n) is 3.30. The number of nitrogens with one attached hydrogen (secondary N) is 1. The summed E-state index contributed by atoms with van der Waals surface area (Å²) in [6, 6.07) is 0. The molecule has 2 bridgehead atoms. The average molecular weight is 209 g/mol. The van der Waals surface area contributed by atoms with E-state index in [0.717, 1.165) is 12.8 Å². The standard InChI is InChI=1S/C12H19NO2/c1-4-10(15)13-12-6-5-8(7-9(12)14)11(12,2)3/h8H,4-7H2,1-3H3,(H,13,15)/t8-,12-/m0/s1. The number of amides is 1. The molecule has 0 unspecified atom stereocenters. The van der Waals surface area contributed by atoms with Crippen LogP contribution >= 0.6 is 0 Å².